The van der Waals surface area contributed by atoms with Gasteiger partial charge in [0.2, 0.25) is 0 Å². The predicted octanol–water partition coefficient (Wildman–Crippen LogP) is -0.806. The molecule has 13 heteroatoms. The maximum absolute atomic E-state index is 11.7. The molecule has 0 spiro atoms. The van der Waals surface area contributed by atoms with Crippen molar-refractivity contribution >= 4 is 20.0 Å². The zero-order chi connectivity index (χ0) is 18.8. The van der Waals surface area contributed by atoms with Gasteiger partial charge in [-0.25, -0.2) is 16.8 Å². The lowest BCUT2D eigenvalue weighted by Crippen LogP contribution is -2.30. The fourth-order valence-corrected chi connectivity index (χ4v) is 3.03. The van der Waals surface area contributed by atoms with Crippen LogP contribution in [0.25, 0.3) is 0 Å². The highest BCUT2D eigenvalue weighted by atomic mass is 32.2. The largest absolute Gasteiger partial charge is 0.504 e. The van der Waals surface area contributed by atoms with Crippen molar-refractivity contribution in [3.8, 4) is 23.0 Å². The van der Waals surface area contributed by atoms with Crippen molar-refractivity contribution in [2.24, 2.45) is 11.7 Å². The molecular weight excluding hydrogens is 376 g/mol. The number of hydrogen-bond donors (Lipinski definition) is 6. The van der Waals surface area contributed by atoms with E-state index in [1.54, 1.807) is 9.66 Å². The summed E-state index contributed by atoms with van der Waals surface area (Å²) in [7, 11) is -8.05. The van der Waals surface area contributed by atoms with Crippen LogP contribution in [0, 0.1) is 0 Å². The van der Waals surface area contributed by atoms with Gasteiger partial charge in [0.25, 0.3) is 20.0 Å². The fraction of sp³-hybridized carbons (Fsp3) is 0. The van der Waals surface area contributed by atoms with E-state index in [4.69, 9.17) is 16.4 Å². The van der Waals surface area contributed by atoms with E-state index in [-0.39, 0.29) is 21.3 Å². The van der Waals surface area contributed by atoms with E-state index < -0.39 is 31.5 Å². The monoisotopic (exact) mass is 390 g/mol. The lowest BCUT2D eigenvalue weighted by Gasteiger charge is -2.12. The van der Waals surface area contributed by atoms with Crippen molar-refractivity contribution in [2.75, 3.05) is 0 Å². The molecule has 0 unspecified atom stereocenters. The molecule has 2 aromatic rings. The maximum Gasteiger partial charge on any atom is 0.253 e. The van der Waals surface area contributed by atoms with Crippen molar-refractivity contribution in [1.82, 2.24) is 9.66 Å². The Morgan fingerprint density at radius 2 is 1.12 bits per heavy atom. The van der Waals surface area contributed by atoms with Crippen molar-refractivity contribution in [1.29, 1.82) is 0 Å². The second kappa shape index (κ2) is 6.83. The average molecular weight is 390 g/mol. The highest BCUT2D eigenvalue weighted by molar-refractivity contribution is 7.89. The van der Waals surface area contributed by atoms with Gasteiger partial charge in [0.05, 0.1) is 9.79 Å². The van der Waals surface area contributed by atoms with Gasteiger partial charge in [0.1, 0.15) is 0 Å². The van der Waals surface area contributed by atoms with Gasteiger partial charge in [0, 0.05) is 12.1 Å². The van der Waals surface area contributed by atoms with Crippen molar-refractivity contribution < 1.29 is 31.8 Å². The van der Waals surface area contributed by atoms with Crippen molar-refractivity contribution in [3.63, 3.8) is 0 Å². The summed E-state index contributed by atoms with van der Waals surface area (Å²) in [6.07, 6.45) is 0. The second-order valence-corrected chi connectivity index (χ2v) is 8.03. The average Bonchev–Trinajstić information content (AvgIpc) is 2.58. The molecule has 0 heterocycles. The van der Waals surface area contributed by atoms with Crippen LogP contribution in [0.5, 0.6) is 23.0 Å². The van der Waals surface area contributed by atoms with Crippen LogP contribution in [0.4, 0.5) is 0 Å². The minimum absolute atomic E-state index is 0.324. The summed E-state index contributed by atoms with van der Waals surface area (Å²) in [5, 5.41) is 19.6. The number of nitrogens with two attached hydrogens (primary N) is 2. The number of ether oxygens (including phenoxy) is 1. The van der Waals surface area contributed by atoms with Crippen LogP contribution >= 0.6 is 0 Å². The Bertz CT molecular complexity index is 925. The van der Waals surface area contributed by atoms with Gasteiger partial charge < -0.3 is 14.9 Å². The maximum atomic E-state index is 11.7. The van der Waals surface area contributed by atoms with E-state index in [0.717, 1.165) is 36.4 Å². The van der Waals surface area contributed by atoms with E-state index in [1.807, 2.05) is 0 Å². The fourth-order valence-electron chi connectivity index (χ4n) is 1.74. The molecule has 25 heavy (non-hydrogen) atoms. The Balaban J connectivity index is 2.50. The van der Waals surface area contributed by atoms with Crippen molar-refractivity contribution in [3.05, 3.63) is 36.4 Å². The summed E-state index contributed by atoms with van der Waals surface area (Å²) in [6, 6.07) is 6.06. The molecule has 0 amide bonds. The number of aromatic hydroxyl groups is 2. The van der Waals surface area contributed by atoms with Crippen LogP contribution in [-0.2, 0) is 20.0 Å². The summed E-state index contributed by atoms with van der Waals surface area (Å²) in [4.78, 5) is 2.55. The lowest BCUT2D eigenvalue weighted by molar-refractivity contribution is 0.383. The van der Waals surface area contributed by atoms with Crippen molar-refractivity contribution in [2.45, 2.75) is 9.79 Å². The topological polar surface area (TPSA) is 194 Å². The lowest BCUT2D eigenvalue weighted by atomic mass is 10.3. The number of benzene rings is 2. The minimum atomic E-state index is -4.02. The molecule has 0 radical (unpaired) electrons. The zero-order valence-corrected chi connectivity index (χ0v) is 14.0. The Labute approximate surface area is 142 Å². The number of hydrazine groups is 2. The van der Waals surface area contributed by atoms with E-state index in [0.29, 0.717) is 0 Å². The number of nitrogens with one attached hydrogen (secondary N) is 2. The molecule has 8 N–H and O–H groups in total. The summed E-state index contributed by atoms with van der Waals surface area (Å²) in [6.45, 7) is 0. The predicted molar refractivity (Wildman–Crippen MR) is 85.3 cm³/mol. The first-order valence-corrected chi connectivity index (χ1v) is 9.36. The smallest absolute Gasteiger partial charge is 0.253 e. The van der Waals surface area contributed by atoms with Gasteiger partial charge in [-0.05, 0) is 24.3 Å². The molecule has 0 aliphatic heterocycles. The van der Waals surface area contributed by atoms with Crippen LogP contribution in [0.1, 0.15) is 0 Å². The highest BCUT2D eigenvalue weighted by Gasteiger charge is 2.19. The molecule has 136 valence electrons. The molecular formula is C12H14N4O7S2. The molecule has 0 aromatic heterocycles. The Hall–Kier alpha value is -2.42. The highest BCUT2D eigenvalue weighted by Crippen LogP contribution is 2.37. The molecule has 11 nitrogen and oxygen atoms in total. The summed E-state index contributed by atoms with van der Waals surface area (Å²) < 4.78 is 52.0. The molecule has 0 saturated heterocycles. The van der Waals surface area contributed by atoms with E-state index in [1.165, 1.54) is 0 Å². The first-order valence-electron chi connectivity index (χ1n) is 6.39. The first-order chi connectivity index (χ1) is 11.6. The Kier molecular flexibility index (Phi) is 5.17. The number of sulfonamides is 2. The van der Waals surface area contributed by atoms with Crippen LogP contribution in [0.2, 0.25) is 0 Å². The van der Waals surface area contributed by atoms with E-state index in [2.05, 4.69) is 0 Å². The third-order valence-electron chi connectivity index (χ3n) is 3.01. The minimum Gasteiger partial charge on any atom is -0.504 e. The summed E-state index contributed by atoms with van der Waals surface area (Å²) in [5.41, 5.74) is 0. The second-order valence-electron chi connectivity index (χ2n) is 4.60. The number of phenols is 2. The molecule has 0 bridgehead atoms. The zero-order valence-electron chi connectivity index (χ0n) is 12.4. The van der Waals surface area contributed by atoms with E-state index >= 15 is 0 Å². The summed E-state index contributed by atoms with van der Waals surface area (Å²) >= 11 is 0. The Morgan fingerprint density at radius 1 is 0.760 bits per heavy atom. The van der Waals surface area contributed by atoms with Gasteiger partial charge in [0.15, 0.2) is 23.0 Å². The van der Waals surface area contributed by atoms with Gasteiger partial charge in [-0.3, -0.25) is 11.7 Å². The van der Waals surface area contributed by atoms with Crippen LogP contribution < -0.4 is 26.1 Å². The van der Waals surface area contributed by atoms with Gasteiger partial charge in [-0.2, -0.15) is 9.66 Å². The summed E-state index contributed by atoms with van der Waals surface area (Å²) in [5.74, 6) is 8.20. The Morgan fingerprint density at radius 3 is 1.44 bits per heavy atom. The van der Waals surface area contributed by atoms with Gasteiger partial charge in [-0.1, -0.05) is 0 Å². The SMILES string of the molecule is NNS(=O)(=O)c1ccc(O)c(Oc2cc(S(=O)(=O)NN)ccc2O)c1. The molecule has 2 aromatic carbocycles. The van der Waals surface area contributed by atoms with Gasteiger partial charge in [-0.15, -0.1) is 0 Å². The molecule has 2 rings (SSSR count). The number of rotatable bonds is 6. The normalized spacial score (nSPS) is 12.1. The van der Waals surface area contributed by atoms with Crippen LogP contribution in [0.15, 0.2) is 46.2 Å². The van der Waals surface area contributed by atoms with Crippen LogP contribution in [-0.4, -0.2) is 27.0 Å². The molecule has 0 fully saturated rings. The first kappa shape index (κ1) is 18.9. The molecule has 0 aliphatic carbocycles. The van der Waals surface area contributed by atoms with Crippen LogP contribution in [0.3, 0.4) is 0 Å². The van der Waals surface area contributed by atoms with E-state index in [9.17, 15) is 27.0 Å². The standard InChI is InChI=1S/C12H14N4O7S2/c13-15-24(19,20)7-1-3-9(17)11(5-7)23-12-6-8(2-4-10(12)18)25(21,22)16-14/h1-6,15-18H,13-14H2. The molecule has 0 saturated carbocycles. The van der Waals surface area contributed by atoms with Gasteiger partial charge >= 0.3 is 0 Å². The number of hydrogen-bond acceptors (Lipinski definition) is 9. The molecule has 0 atom stereocenters. The third-order valence-corrected chi connectivity index (χ3v) is 5.38. The molecule has 0 aliphatic rings. The third kappa shape index (κ3) is 3.98. The quantitative estimate of drug-likeness (QED) is 0.270. The number of phenolic OH excluding ortho intramolecular Hbond substituents is 2.